The van der Waals surface area contributed by atoms with Gasteiger partial charge < -0.3 is 5.11 Å². The van der Waals surface area contributed by atoms with Crippen LogP contribution in [0.25, 0.3) is 11.1 Å². The summed E-state index contributed by atoms with van der Waals surface area (Å²) >= 11 is 3.65. The molecule has 0 amide bonds. The van der Waals surface area contributed by atoms with Gasteiger partial charge in [0.1, 0.15) is 5.75 Å². The zero-order valence-corrected chi connectivity index (χ0v) is 12.7. The van der Waals surface area contributed by atoms with E-state index in [1.807, 2.05) is 35.7 Å². The molecule has 1 aliphatic rings. The van der Waals surface area contributed by atoms with Crippen LogP contribution >= 0.6 is 23.5 Å². The van der Waals surface area contributed by atoms with Crippen molar-refractivity contribution in [3.63, 3.8) is 0 Å². The Morgan fingerprint density at radius 1 is 0.619 bits per heavy atom. The highest BCUT2D eigenvalue weighted by molar-refractivity contribution is 8.05. The number of rotatable bonds is 1. The summed E-state index contributed by atoms with van der Waals surface area (Å²) in [6, 6.07) is 22.3. The first-order valence-electron chi connectivity index (χ1n) is 6.68. The fourth-order valence-corrected chi connectivity index (χ4v) is 4.82. The molecule has 0 saturated carbocycles. The second-order valence-corrected chi connectivity index (χ2v) is 6.97. The van der Waals surface area contributed by atoms with E-state index in [0.717, 1.165) is 5.56 Å². The molecule has 0 saturated heterocycles. The monoisotopic (exact) mass is 308 g/mol. The summed E-state index contributed by atoms with van der Waals surface area (Å²) in [6.45, 7) is 0. The number of hydrogen-bond donors (Lipinski definition) is 1. The molecule has 0 bridgehead atoms. The summed E-state index contributed by atoms with van der Waals surface area (Å²) in [7, 11) is 0. The van der Waals surface area contributed by atoms with E-state index >= 15 is 0 Å². The molecule has 102 valence electrons. The summed E-state index contributed by atoms with van der Waals surface area (Å²) in [5.74, 6) is 0.302. The first kappa shape index (κ1) is 12.9. The molecule has 1 heterocycles. The maximum absolute atomic E-state index is 9.46. The largest absolute Gasteiger partial charge is 0.508 e. The summed E-state index contributed by atoms with van der Waals surface area (Å²) in [4.78, 5) is 5.22. The molecule has 0 unspecified atom stereocenters. The van der Waals surface area contributed by atoms with Crippen LogP contribution in [0.5, 0.6) is 5.75 Å². The third kappa shape index (κ3) is 2.33. The van der Waals surface area contributed by atoms with Gasteiger partial charge in [-0.15, -0.1) is 0 Å². The van der Waals surface area contributed by atoms with Crippen molar-refractivity contribution in [1.29, 1.82) is 0 Å². The standard InChI is InChI=1S/C18H12OS2/c19-13-10-8-12(9-11-13)14-4-3-7-17-18(14)21-16-6-2-1-5-15(16)20-17/h1-11,19H. The molecule has 3 aromatic rings. The Hall–Kier alpha value is -1.84. The Morgan fingerprint density at radius 3 is 2.05 bits per heavy atom. The number of benzene rings is 3. The number of fused-ring (bicyclic) bond motifs is 2. The summed E-state index contributed by atoms with van der Waals surface area (Å²) in [6.07, 6.45) is 0. The van der Waals surface area contributed by atoms with E-state index in [2.05, 4.69) is 42.5 Å². The van der Waals surface area contributed by atoms with Crippen molar-refractivity contribution in [2.24, 2.45) is 0 Å². The Morgan fingerprint density at radius 2 is 1.29 bits per heavy atom. The number of aromatic hydroxyl groups is 1. The predicted molar refractivity (Wildman–Crippen MR) is 88.2 cm³/mol. The lowest BCUT2D eigenvalue weighted by Crippen LogP contribution is -1.92. The van der Waals surface area contributed by atoms with E-state index in [4.69, 9.17) is 0 Å². The fraction of sp³-hybridized carbons (Fsp3) is 0. The number of phenolic OH excluding ortho intramolecular Hbond substituents is 1. The number of phenols is 1. The molecule has 4 rings (SSSR count). The lowest BCUT2D eigenvalue weighted by atomic mass is 10.1. The fourth-order valence-electron chi connectivity index (χ4n) is 2.42. The molecular weight excluding hydrogens is 296 g/mol. The van der Waals surface area contributed by atoms with Crippen LogP contribution in [-0.4, -0.2) is 5.11 Å². The summed E-state index contributed by atoms with van der Waals surface area (Å²) in [5.41, 5.74) is 2.36. The summed E-state index contributed by atoms with van der Waals surface area (Å²) < 4.78 is 0. The van der Waals surface area contributed by atoms with Gasteiger partial charge in [0.25, 0.3) is 0 Å². The van der Waals surface area contributed by atoms with Gasteiger partial charge in [-0.1, -0.05) is 59.9 Å². The van der Waals surface area contributed by atoms with E-state index in [9.17, 15) is 5.11 Å². The molecule has 0 atom stereocenters. The van der Waals surface area contributed by atoms with Crippen LogP contribution in [0.2, 0.25) is 0 Å². The average Bonchev–Trinajstić information content (AvgIpc) is 2.53. The highest BCUT2D eigenvalue weighted by Crippen LogP contribution is 2.51. The maximum Gasteiger partial charge on any atom is 0.115 e. The van der Waals surface area contributed by atoms with Crippen LogP contribution in [0.1, 0.15) is 0 Å². The van der Waals surface area contributed by atoms with Gasteiger partial charge in [-0.2, -0.15) is 0 Å². The third-order valence-electron chi connectivity index (χ3n) is 3.44. The Bertz CT molecular complexity index is 810. The van der Waals surface area contributed by atoms with Crippen molar-refractivity contribution >= 4 is 23.5 Å². The molecule has 1 nitrogen and oxygen atoms in total. The van der Waals surface area contributed by atoms with E-state index in [1.54, 1.807) is 12.1 Å². The van der Waals surface area contributed by atoms with Crippen LogP contribution in [0.4, 0.5) is 0 Å². The van der Waals surface area contributed by atoms with Gasteiger partial charge in [0.15, 0.2) is 0 Å². The topological polar surface area (TPSA) is 20.2 Å². The van der Waals surface area contributed by atoms with Gasteiger partial charge in [0.2, 0.25) is 0 Å². The van der Waals surface area contributed by atoms with Crippen LogP contribution in [0, 0.1) is 0 Å². The summed E-state index contributed by atoms with van der Waals surface area (Å²) in [5, 5.41) is 9.46. The van der Waals surface area contributed by atoms with Gasteiger partial charge in [-0.05, 0) is 41.5 Å². The minimum atomic E-state index is 0.302. The van der Waals surface area contributed by atoms with Gasteiger partial charge in [-0.3, -0.25) is 0 Å². The van der Waals surface area contributed by atoms with Crippen LogP contribution in [0.3, 0.4) is 0 Å². The first-order valence-corrected chi connectivity index (χ1v) is 8.32. The molecule has 0 radical (unpaired) electrons. The second-order valence-electron chi connectivity index (χ2n) is 4.83. The molecule has 1 aliphatic heterocycles. The Labute approximate surface area is 132 Å². The van der Waals surface area contributed by atoms with Crippen molar-refractivity contribution in [1.82, 2.24) is 0 Å². The predicted octanol–water partition coefficient (Wildman–Crippen LogP) is 5.68. The van der Waals surface area contributed by atoms with Crippen molar-refractivity contribution in [2.75, 3.05) is 0 Å². The van der Waals surface area contributed by atoms with Crippen molar-refractivity contribution in [2.45, 2.75) is 19.6 Å². The Balaban J connectivity index is 1.84. The van der Waals surface area contributed by atoms with Gasteiger partial charge in [0.05, 0.1) is 0 Å². The van der Waals surface area contributed by atoms with E-state index in [-0.39, 0.29) is 0 Å². The normalized spacial score (nSPS) is 12.6. The van der Waals surface area contributed by atoms with Crippen LogP contribution in [0.15, 0.2) is 86.3 Å². The molecule has 0 aromatic heterocycles. The quantitative estimate of drug-likeness (QED) is 0.489. The molecule has 0 aliphatic carbocycles. The smallest absolute Gasteiger partial charge is 0.115 e. The zero-order chi connectivity index (χ0) is 14.2. The minimum absolute atomic E-state index is 0.302. The molecule has 0 fully saturated rings. The minimum Gasteiger partial charge on any atom is -0.508 e. The van der Waals surface area contributed by atoms with Gasteiger partial charge >= 0.3 is 0 Å². The molecule has 3 heteroatoms. The lowest BCUT2D eigenvalue weighted by Gasteiger charge is -2.20. The van der Waals surface area contributed by atoms with Gasteiger partial charge in [-0.25, -0.2) is 0 Å². The van der Waals surface area contributed by atoms with Crippen LogP contribution in [-0.2, 0) is 0 Å². The lowest BCUT2D eigenvalue weighted by molar-refractivity contribution is 0.475. The second kappa shape index (κ2) is 5.17. The molecule has 21 heavy (non-hydrogen) atoms. The van der Waals surface area contributed by atoms with E-state index < -0.39 is 0 Å². The molecule has 1 N–H and O–H groups in total. The first-order chi connectivity index (χ1) is 10.3. The average molecular weight is 308 g/mol. The third-order valence-corrected chi connectivity index (χ3v) is 6.05. The highest BCUT2D eigenvalue weighted by atomic mass is 32.2. The van der Waals surface area contributed by atoms with E-state index in [1.165, 1.54) is 25.1 Å². The maximum atomic E-state index is 9.46. The van der Waals surface area contributed by atoms with Crippen molar-refractivity contribution < 1.29 is 5.11 Å². The Kier molecular flexibility index (Phi) is 3.17. The molecular formula is C18H12OS2. The molecule has 3 aromatic carbocycles. The SMILES string of the molecule is Oc1ccc(-c2cccc3c2Sc2ccccc2S3)cc1. The molecule has 0 spiro atoms. The van der Waals surface area contributed by atoms with Crippen molar-refractivity contribution in [3.05, 3.63) is 66.7 Å². The van der Waals surface area contributed by atoms with Crippen molar-refractivity contribution in [3.8, 4) is 16.9 Å². The van der Waals surface area contributed by atoms with E-state index in [0.29, 0.717) is 5.75 Å². The zero-order valence-electron chi connectivity index (χ0n) is 11.1. The highest BCUT2D eigenvalue weighted by Gasteiger charge is 2.19. The van der Waals surface area contributed by atoms with Gasteiger partial charge in [0, 0.05) is 19.6 Å². The van der Waals surface area contributed by atoms with Crippen LogP contribution < -0.4 is 0 Å². The number of hydrogen-bond acceptors (Lipinski definition) is 3.